The van der Waals surface area contributed by atoms with E-state index in [2.05, 4.69) is 5.32 Å². The van der Waals surface area contributed by atoms with Gasteiger partial charge in [-0.15, -0.1) is 12.4 Å². The summed E-state index contributed by atoms with van der Waals surface area (Å²) in [5.41, 5.74) is -0.0949. The first-order valence-corrected chi connectivity index (χ1v) is 10.0. The van der Waals surface area contributed by atoms with E-state index in [0.717, 1.165) is 38.1 Å². The second-order valence-electron chi connectivity index (χ2n) is 6.05. The molecule has 0 unspecified atom stereocenters. The molecular formula is C17H26ClFN2O4S. The molecule has 1 aliphatic heterocycles. The van der Waals surface area contributed by atoms with Crippen LogP contribution < -0.4 is 5.32 Å². The average molecular weight is 409 g/mol. The summed E-state index contributed by atoms with van der Waals surface area (Å²) < 4.78 is 45.6. The average Bonchev–Trinajstić information content (AvgIpc) is 2.60. The van der Waals surface area contributed by atoms with Crippen LogP contribution in [0.1, 0.15) is 37.0 Å². The maximum absolute atomic E-state index is 13.8. The van der Waals surface area contributed by atoms with Crippen LogP contribution in [0.4, 0.5) is 4.39 Å². The van der Waals surface area contributed by atoms with Gasteiger partial charge in [0.1, 0.15) is 5.82 Å². The number of sulfonamides is 1. The molecule has 0 bridgehead atoms. The number of nitrogens with one attached hydrogen (secondary N) is 1. The molecule has 6 nitrogen and oxygen atoms in total. The van der Waals surface area contributed by atoms with Gasteiger partial charge >= 0.3 is 5.97 Å². The molecule has 2 rings (SSSR count). The molecule has 1 aliphatic rings. The third kappa shape index (κ3) is 5.64. The lowest BCUT2D eigenvalue weighted by atomic mass is 9.98. The van der Waals surface area contributed by atoms with E-state index in [0.29, 0.717) is 19.0 Å². The molecule has 1 saturated heterocycles. The lowest BCUT2D eigenvalue weighted by molar-refractivity contribution is 0.0525. The number of esters is 1. The second-order valence-corrected chi connectivity index (χ2v) is 7.99. The highest BCUT2D eigenvalue weighted by Gasteiger charge is 2.30. The van der Waals surface area contributed by atoms with Crippen molar-refractivity contribution < 1.29 is 22.3 Å². The number of halogens is 2. The van der Waals surface area contributed by atoms with Crippen molar-refractivity contribution in [3.63, 3.8) is 0 Å². The van der Waals surface area contributed by atoms with Gasteiger partial charge in [0.05, 0.1) is 17.1 Å². The van der Waals surface area contributed by atoms with Crippen LogP contribution >= 0.6 is 12.4 Å². The summed E-state index contributed by atoms with van der Waals surface area (Å²) in [7, 11) is -3.83. The zero-order valence-corrected chi connectivity index (χ0v) is 16.7. The van der Waals surface area contributed by atoms with Gasteiger partial charge in [-0.1, -0.05) is 6.92 Å². The molecule has 148 valence electrons. The first-order valence-electron chi connectivity index (χ1n) is 8.57. The van der Waals surface area contributed by atoms with Gasteiger partial charge in [0.25, 0.3) is 0 Å². The summed E-state index contributed by atoms with van der Waals surface area (Å²) in [6.07, 6.45) is 1.51. The van der Waals surface area contributed by atoms with Crippen molar-refractivity contribution in [3.8, 4) is 0 Å². The molecule has 0 atom stereocenters. The molecule has 0 aliphatic carbocycles. The fourth-order valence-electron chi connectivity index (χ4n) is 2.90. The van der Waals surface area contributed by atoms with E-state index in [9.17, 15) is 17.6 Å². The van der Waals surface area contributed by atoms with Crippen molar-refractivity contribution in [3.05, 3.63) is 29.6 Å². The Morgan fingerprint density at radius 2 is 1.92 bits per heavy atom. The number of hydrogen-bond donors (Lipinski definition) is 1. The topological polar surface area (TPSA) is 75.7 Å². The Balaban J connectivity index is 0.00000338. The molecule has 0 amide bonds. The number of carbonyl (C=O) groups excluding carboxylic acids is 1. The summed E-state index contributed by atoms with van der Waals surface area (Å²) in [5.74, 6) is -1.07. The molecular weight excluding hydrogens is 383 g/mol. The Morgan fingerprint density at radius 3 is 2.50 bits per heavy atom. The summed E-state index contributed by atoms with van der Waals surface area (Å²) in [4.78, 5) is 11.6. The Morgan fingerprint density at radius 1 is 1.27 bits per heavy atom. The van der Waals surface area contributed by atoms with Crippen molar-refractivity contribution in [2.24, 2.45) is 5.92 Å². The van der Waals surface area contributed by atoms with Crippen LogP contribution in [-0.4, -0.2) is 51.5 Å². The van der Waals surface area contributed by atoms with E-state index in [1.165, 1.54) is 10.4 Å². The van der Waals surface area contributed by atoms with Crippen LogP contribution in [0.5, 0.6) is 0 Å². The number of piperidine rings is 1. The minimum atomic E-state index is -3.83. The van der Waals surface area contributed by atoms with Gasteiger partial charge in [-0.25, -0.2) is 17.6 Å². The lowest BCUT2D eigenvalue weighted by Gasteiger charge is -2.31. The normalized spacial score (nSPS) is 16.1. The molecule has 1 aromatic rings. The van der Waals surface area contributed by atoms with E-state index in [1.54, 1.807) is 6.92 Å². The van der Waals surface area contributed by atoms with Crippen LogP contribution in [0.25, 0.3) is 0 Å². The second kappa shape index (κ2) is 10.2. The van der Waals surface area contributed by atoms with E-state index in [-0.39, 0.29) is 29.5 Å². The maximum Gasteiger partial charge on any atom is 0.338 e. The van der Waals surface area contributed by atoms with E-state index in [4.69, 9.17) is 4.74 Å². The summed E-state index contributed by atoms with van der Waals surface area (Å²) >= 11 is 0. The minimum Gasteiger partial charge on any atom is -0.462 e. The van der Waals surface area contributed by atoms with E-state index < -0.39 is 21.8 Å². The summed E-state index contributed by atoms with van der Waals surface area (Å²) in [5, 5.41) is 3.27. The molecule has 0 aromatic heterocycles. The quantitative estimate of drug-likeness (QED) is 0.701. The molecule has 1 N–H and O–H groups in total. The first-order chi connectivity index (χ1) is 11.9. The molecule has 9 heteroatoms. The number of ether oxygens (including phenoxy) is 1. The van der Waals surface area contributed by atoms with Crippen molar-refractivity contribution in [2.45, 2.75) is 31.6 Å². The Kier molecular flexibility index (Phi) is 8.95. The number of hydrogen-bond acceptors (Lipinski definition) is 5. The Labute approximate surface area is 160 Å². The lowest BCUT2D eigenvalue weighted by Crippen LogP contribution is -2.40. The van der Waals surface area contributed by atoms with Gasteiger partial charge in [-0.05, 0) is 57.0 Å². The predicted octanol–water partition coefficient (Wildman–Crippen LogP) is 2.43. The van der Waals surface area contributed by atoms with Crippen LogP contribution in [0.2, 0.25) is 0 Å². The van der Waals surface area contributed by atoms with Gasteiger partial charge in [-0.3, -0.25) is 0 Å². The highest BCUT2D eigenvalue weighted by Crippen LogP contribution is 2.25. The molecule has 0 saturated carbocycles. The third-order valence-electron chi connectivity index (χ3n) is 4.28. The molecule has 1 heterocycles. The van der Waals surface area contributed by atoms with Gasteiger partial charge in [0, 0.05) is 13.1 Å². The highest BCUT2D eigenvalue weighted by atomic mass is 35.5. The standard InChI is InChI=1S/C17H25FN2O4S.ClH/c1-3-19-12-13-5-7-20(8-6-13)25(22,23)16-10-14(9-15(18)11-16)17(21)24-4-2;/h9-11,13,19H,3-8,12H2,1-2H3;1H. The zero-order valence-electron chi connectivity index (χ0n) is 15.0. The van der Waals surface area contributed by atoms with Crippen molar-refractivity contribution in [1.29, 1.82) is 0 Å². The summed E-state index contributed by atoms with van der Waals surface area (Å²) in [6, 6.07) is 3.11. The largest absolute Gasteiger partial charge is 0.462 e. The smallest absolute Gasteiger partial charge is 0.338 e. The fourth-order valence-corrected chi connectivity index (χ4v) is 4.42. The monoisotopic (exact) mass is 408 g/mol. The summed E-state index contributed by atoms with van der Waals surface area (Å²) in [6.45, 7) is 6.34. The van der Waals surface area contributed by atoms with Gasteiger partial charge in [0.2, 0.25) is 10.0 Å². The maximum atomic E-state index is 13.8. The molecule has 0 spiro atoms. The van der Waals surface area contributed by atoms with Crippen molar-refractivity contribution in [2.75, 3.05) is 32.8 Å². The zero-order chi connectivity index (χ0) is 18.4. The molecule has 26 heavy (non-hydrogen) atoms. The highest BCUT2D eigenvalue weighted by molar-refractivity contribution is 7.89. The number of rotatable bonds is 7. The SMILES string of the molecule is CCNCC1CCN(S(=O)(=O)c2cc(F)cc(C(=O)OCC)c2)CC1.Cl. The van der Waals surface area contributed by atoms with Crippen LogP contribution in [-0.2, 0) is 14.8 Å². The predicted molar refractivity (Wildman–Crippen MR) is 99.6 cm³/mol. The molecule has 0 radical (unpaired) electrons. The van der Waals surface area contributed by atoms with Crippen LogP contribution in [0, 0.1) is 11.7 Å². The first kappa shape index (κ1) is 22.8. The number of nitrogens with zero attached hydrogens (tertiary/aromatic N) is 1. The molecule has 1 aromatic carbocycles. The molecule has 1 fully saturated rings. The van der Waals surface area contributed by atoms with Gasteiger partial charge in [0.15, 0.2) is 0 Å². The van der Waals surface area contributed by atoms with E-state index >= 15 is 0 Å². The van der Waals surface area contributed by atoms with Crippen molar-refractivity contribution in [1.82, 2.24) is 9.62 Å². The van der Waals surface area contributed by atoms with Crippen LogP contribution in [0.3, 0.4) is 0 Å². The number of carbonyl (C=O) groups is 1. The third-order valence-corrected chi connectivity index (χ3v) is 6.15. The van der Waals surface area contributed by atoms with Crippen molar-refractivity contribution >= 4 is 28.4 Å². The van der Waals surface area contributed by atoms with Gasteiger partial charge in [-0.2, -0.15) is 4.31 Å². The minimum absolute atomic E-state index is 0. The Bertz CT molecular complexity index is 707. The fraction of sp³-hybridized carbons (Fsp3) is 0.588. The van der Waals surface area contributed by atoms with E-state index in [1.807, 2.05) is 6.92 Å². The number of benzene rings is 1. The van der Waals surface area contributed by atoms with Crippen LogP contribution in [0.15, 0.2) is 23.1 Å². The Hall–Kier alpha value is -1.22. The van der Waals surface area contributed by atoms with Gasteiger partial charge < -0.3 is 10.1 Å².